The molecule has 0 fully saturated rings. The first-order valence-electron chi connectivity index (χ1n) is 7.05. The predicted molar refractivity (Wildman–Crippen MR) is 85.0 cm³/mol. The summed E-state index contributed by atoms with van der Waals surface area (Å²) < 4.78 is 0. The number of carboxylic acids is 2. The van der Waals surface area contributed by atoms with Gasteiger partial charge in [0.05, 0.1) is 12.5 Å². The van der Waals surface area contributed by atoms with Crippen LogP contribution in [0.2, 0.25) is 0 Å². The Hall–Kier alpha value is -1.81. The molecule has 0 unspecified atom stereocenters. The molecule has 0 aliphatic rings. The normalized spacial score (nSPS) is 15.8. The van der Waals surface area contributed by atoms with Gasteiger partial charge in [-0.05, 0) is 5.92 Å². The lowest BCUT2D eigenvalue weighted by molar-refractivity contribution is -0.144. The average molecular weight is 349 g/mol. The number of rotatable bonds is 10. The van der Waals surface area contributed by atoms with E-state index in [0.717, 1.165) is 0 Å². The highest BCUT2D eigenvalue weighted by Crippen LogP contribution is 2.08. The molecule has 0 heterocycles. The van der Waals surface area contributed by atoms with E-state index in [1.54, 1.807) is 13.8 Å². The van der Waals surface area contributed by atoms with Crippen molar-refractivity contribution in [1.29, 1.82) is 0 Å². The van der Waals surface area contributed by atoms with E-state index in [-0.39, 0.29) is 11.7 Å². The summed E-state index contributed by atoms with van der Waals surface area (Å²) in [6, 6.07) is -3.61. The van der Waals surface area contributed by atoms with Crippen molar-refractivity contribution in [2.24, 2.45) is 11.7 Å². The van der Waals surface area contributed by atoms with Crippen LogP contribution in [0.25, 0.3) is 0 Å². The van der Waals surface area contributed by atoms with Crippen molar-refractivity contribution < 1.29 is 29.4 Å². The second-order valence-corrected chi connectivity index (χ2v) is 5.52. The van der Waals surface area contributed by atoms with E-state index >= 15 is 0 Å². The number of hydrogen-bond donors (Lipinski definition) is 6. The number of carbonyl (C=O) groups excluding carboxylic acids is 2. The molecule has 0 bridgehead atoms. The van der Waals surface area contributed by atoms with Gasteiger partial charge in [0.2, 0.25) is 11.8 Å². The Morgan fingerprint density at radius 1 is 1.13 bits per heavy atom. The van der Waals surface area contributed by atoms with E-state index in [1.807, 2.05) is 0 Å². The number of hydrogen-bond acceptors (Lipinski definition) is 6. The molecule has 0 aliphatic heterocycles. The maximum absolute atomic E-state index is 12.1. The van der Waals surface area contributed by atoms with Crippen LogP contribution in [-0.4, -0.2) is 57.8 Å². The van der Waals surface area contributed by atoms with Crippen LogP contribution in [0.3, 0.4) is 0 Å². The van der Waals surface area contributed by atoms with Crippen molar-refractivity contribution >= 4 is 36.4 Å². The van der Waals surface area contributed by atoms with Crippen LogP contribution in [-0.2, 0) is 19.2 Å². The molecule has 0 radical (unpaired) electrons. The lowest BCUT2D eigenvalue weighted by atomic mass is 9.98. The van der Waals surface area contributed by atoms with Crippen molar-refractivity contribution in [3.05, 3.63) is 0 Å². The van der Waals surface area contributed by atoms with Gasteiger partial charge in [-0.15, -0.1) is 0 Å². The smallest absolute Gasteiger partial charge is 0.326 e. The number of carbonyl (C=O) groups is 4. The minimum Gasteiger partial charge on any atom is -0.481 e. The second-order valence-electron chi connectivity index (χ2n) is 5.16. The van der Waals surface area contributed by atoms with Gasteiger partial charge in [0.1, 0.15) is 12.1 Å². The molecule has 9 nitrogen and oxygen atoms in total. The van der Waals surface area contributed by atoms with E-state index in [9.17, 15) is 19.2 Å². The fraction of sp³-hybridized carbons (Fsp3) is 0.692. The lowest BCUT2D eigenvalue weighted by Gasteiger charge is -2.24. The van der Waals surface area contributed by atoms with E-state index in [1.165, 1.54) is 0 Å². The van der Waals surface area contributed by atoms with Crippen molar-refractivity contribution in [1.82, 2.24) is 10.6 Å². The van der Waals surface area contributed by atoms with Crippen LogP contribution < -0.4 is 16.4 Å². The summed E-state index contributed by atoms with van der Waals surface area (Å²) in [7, 11) is 0. The molecule has 6 N–H and O–H groups in total. The van der Waals surface area contributed by atoms with Gasteiger partial charge >= 0.3 is 11.9 Å². The van der Waals surface area contributed by atoms with Gasteiger partial charge in [-0.2, -0.15) is 12.6 Å². The zero-order valence-corrected chi connectivity index (χ0v) is 13.9. The number of nitrogens with two attached hydrogens (primary N) is 1. The highest BCUT2D eigenvalue weighted by atomic mass is 32.1. The van der Waals surface area contributed by atoms with Crippen molar-refractivity contribution in [3.63, 3.8) is 0 Å². The third-order valence-electron chi connectivity index (χ3n) is 3.32. The summed E-state index contributed by atoms with van der Waals surface area (Å²) in [6.45, 7) is 3.40. The molecule has 0 rings (SSSR count). The molecule has 0 saturated heterocycles. The average Bonchev–Trinajstić information content (AvgIpc) is 2.48. The number of carboxylic acid groups (broad SMARTS) is 2. The number of amides is 2. The molecule has 10 heteroatoms. The van der Waals surface area contributed by atoms with Gasteiger partial charge in [0, 0.05) is 5.75 Å². The van der Waals surface area contributed by atoms with E-state index in [4.69, 9.17) is 15.9 Å². The van der Waals surface area contributed by atoms with Crippen molar-refractivity contribution in [2.45, 2.75) is 44.8 Å². The van der Waals surface area contributed by atoms with E-state index < -0.39 is 48.3 Å². The number of thiol groups is 1. The highest BCUT2D eigenvalue weighted by Gasteiger charge is 2.31. The first-order chi connectivity index (χ1) is 10.6. The minimum absolute atomic E-state index is 0.0118. The SMILES string of the molecule is CC[C@H](C)[C@H](NC(=O)[C@H](CC(=O)O)NC(=O)[C@@H](N)CS)C(=O)O. The Labute approximate surface area is 139 Å². The van der Waals surface area contributed by atoms with Gasteiger partial charge in [-0.25, -0.2) is 4.79 Å². The van der Waals surface area contributed by atoms with Crippen LogP contribution >= 0.6 is 12.6 Å². The summed E-state index contributed by atoms with van der Waals surface area (Å²) in [4.78, 5) is 45.9. The molecular formula is C13H23N3O6S. The summed E-state index contributed by atoms with van der Waals surface area (Å²) >= 11 is 3.84. The number of aliphatic carboxylic acids is 2. The maximum Gasteiger partial charge on any atom is 0.326 e. The Kier molecular flexibility index (Phi) is 9.27. The third kappa shape index (κ3) is 7.33. The monoisotopic (exact) mass is 349 g/mol. The van der Waals surface area contributed by atoms with Gasteiger partial charge in [-0.1, -0.05) is 20.3 Å². The van der Waals surface area contributed by atoms with Crippen molar-refractivity contribution in [3.8, 4) is 0 Å². The van der Waals surface area contributed by atoms with Crippen LogP contribution in [0, 0.1) is 5.92 Å². The van der Waals surface area contributed by atoms with Crippen LogP contribution in [0.15, 0.2) is 0 Å². The molecule has 0 aromatic rings. The molecule has 0 aromatic carbocycles. The topological polar surface area (TPSA) is 159 Å². The zero-order valence-electron chi connectivity index (χ0n) is 13.0. The lowest BCUT2D eigenvalue weighted by Crippen LogP contribution is -2.56. The Balaban J connectivity index is 5.08. The molecule has 0 saturated carbocycles. The van der Waals surface area contributed by atoms with Gasteiger partial charge in [0.15, 0.2) is 0 Å². The predicted octanol–water partition coefficient (Wildman–Crippen LogP) is -1.18. The number of nitrogens with one attached hydrogen (secondary N) is 2. The van der Waals surface area contributed by atoms with Crippen LogP contribution in [0.1, 0.15) is 26.7 Å². The quantitative estimate of drug-likeness (QED) is 0.271. The fourth-order valence-electron chi connectivity index (χ4n) is 1.68. The van der Waals surface area contributed by atoms with Crippen LogP contribution in [0.4, 0.5) is 0 Å². The first kappa shape index (κ1) is 21.2. The van der Waals surface area contributed by atoms with E-state index in [2.05, 4.69) is 23.3 Å². The largest absolute Gasteiger partial charge is 0.481 e. The molecular weight excluding hydrogens is 326 g/mol. The summed E-state index contributed by atoms with van der Waals surface area (Å²) in [6.07, 6.45) is -0.193. The zero-order chi connectivity index (χ0) is 18.2. The van der Waals surface area contributed by atoms with Crippen LogP contribution in [0.5, 0.6) is 0 Å². The van der Waals surface area contributed by atoms with Crippen molar-refractivity contribution in [2.75, 3.05) is 5.75 Å². The Bertz CT molecular complexity index is 459. The minimum atomic E-state index is -1.42. The van der Waals surface area contributed by atoms with Gasteiger partial charge < -0.3 is 26.6 Å². The molecule has 0 aromatic heterocycles. The molecule has 4 atom stereocenters. The molecule has 0 aliphatic carbocycles. The highest BCUT2D eigenvalue weighted by molar-refractivity contribution is 7.80. The summed E-state index contributed by atoms with van der Waals surface area (Å²) in [5, 5.41) is 22.5. The Morgan fingerprint density at radius 3 is 2.09 bits per heavy atom. The second kappa shape index (κ2) is 10.1. The Morgan fingerprint density at radius 2 is 1.70 bits per heavy atom. The summed E-state index contributed by atoms with van der Waals surface area (Å²) in [5.41, 5.74) is 5.45. The van der Waals surface area contributed by atoms with Gasteiger partial charge in [0.25, 0.3) is 0 Å². The maximum atomic E-state index is 12.1. The molecule has 23 heavy (non-hydrogen) atoms. The third-order valence-corrected chi connectivity index (χ3v) is 3.72. The van der Waals surface area contributed by atoms with E-state index in [0.29, 0.717) is 6.42 Å². The molecule has 132 valence electrons. The first-order valence-corrected chi connectivity index (χ1v) is 7.69. The standard InChI is InChI=1S/C13H23N3O6S/c1-3-6(2)10(13(21)22)16-12(20)8(4-9(17)18)15-11(19)7(14)5-23/h6-8,10,23H,3-5,14H2,1-2H3,(H,15,19)(H,16,20)(H,17,18)(H,21,22)/t6-,7-,8-,10-/m0/s1. The molecule has 0 spiro atoms. The fourth-order valence-corrected chi connectivity index (χ4v) is 1.85. The van der Waals surface area contributed by atoms with Gasteiger partial charge in [-0.3, -0.25) is 14.4 Å². The molecule has 2 amide bonds. The summed E-state index contributed by atoms with van der Waals surface area (Å²) in [5.74, 6) is -4.54.